The first kappa shape index (κ1) is 24.0. The Balaban J connectivity index is -0.000000307. The van der Waals surface area contributed by atoms with Gasteiger partial charge in [-0.25, -0.2) is 8.42 Å². The Morgan fingerprint density at radius 3 is 1.48 bits per heavy atom. The van der Waals surface area contributed by atoms with Gasteiger partial charge in [0, 0.05) is 0 Å². The summed E-state index contributed by atoms with van der Waals surface area (Å²) in [7, 11) is -4.27. The van der Waals surface area contributed by atoms with E-state index in [9.17, 15) is 13.0 Å². The summed E-state index contributed by atoms with van der Waals surface area (Å²) in [6.07, 6.45) is 0. The molecule has 21 heavy (non-hydrogen) atoms. The molecule has 1 aromatic rings. The molecule has 6 heteroatoms. The van der Waals surface area contributed by atoms with E-state index in [0.717, 1.165) is 5.56 Å². The maximum Gasteiger partial charge on any atom is 1.00 e. The summed E-state index contributed by atoms with van der Waals surface area (Å²) in [5.74, 6) is 0. The third-order valence-corrected chi connectivity index (χ3v) is 4.84. The molecule has 0 heterocycles. The average Bonchev–Trinajstić information content (AvgIpc) is 2.42. The Hall–Kier alpha value is 0.726. The average molecular weight is 342 g/mol. The van der Waals surface area contributed by atoms with Gasteiger partial charge in [-0.05, 0) is 46.8 Å². The maximum atomic E-state index is 10.4. The van der Waals surface area contributed by atoms with Crippen molar-refractivity contribution in [2.24, 2.45) is 0 Å². The standard InChI is InChI=1S/C8H20N.C7H8O3S.K.H/c1-5-9(6-2,7-3)8-4;1-6-2-4-7(5-3-6)11(8,9)10;;/h5-8H2,1-4H3;2-5H,1H3,(H,8,9,10);;/q+1;;+1;-1/p-1. The van der Waals surface area contributed by atoms with Gasteiger partial charge in [0.05, 0.1) is 31.1 Å². The molecule has 0 amide bonds. The second kappa shape index (κ2) is 11.3. The molecule has 0 radical (unpaired) electrons. The molecule has 0 N–H and O–H groups in total. The normalized spacial score (nSPS) is 11.1. The molecular weight excluding hydrogens is 313 g/mol. The van der Waals surface area contributed by atoms with Crippen LogP contribution in [0.15, 0.2) is 29.2 Å². The zero-order valence-corrected chi connectivity index (χ0v) is 18.2. The summed E-state index contributed by atoms with van der Waals surface area (Å²) in [6, 6.07) is 5.78. The van der Waals surface area contributed by atoms with Crippen LogP contribution in [0.4, 0.5) is 0 Å². The van der Waals surface area contributed by atoms with Crippen molar-refractivity contribution in [3.05, 3.63) is 29.8 Å². The fourth-order valence-corrected chi connectivity index (χ4v) is 2.52. The molecule has 0 unspecified atom stereocenters. The molecule has 0 aromatic heterocycles. The molecule has 0 saturated heterocycles. The summed E-state index contributed by atoms with van der Waals surface area (Å²) < 4.78 is 32.4. The predicted octanol–water partition coefficient (Wildman–Crippen LogP) is -0.102. The number of rotatable bonds is 5. The smallest absolute Gasteiger partial charge is 1.00 e. The van der Waals surface area contributed by atoms with Gasteiger partial charge in [0.15, 0.2) is 0 Å². The van der Waals surface area contributed by atoms with Crippen LogP contribution in [-0.4, -0.2) is 43.6 Å². The second-order valence-electron chi connectivity index (χ2n) is 4.87. The summed E-state index contributed by atoms with van der Waals surface area (Å²) in [4.78, 5) is -0.178. The van der Waals surface area contributed by atoms with Gasteiger partial charge < -0.3 is 10.5 Å². The molecule has 0 fully saturated rings. The summed E-state index contributed by atoms with van der Waals surface area (Å²) >= 11 is 0. The van der Waals surface area contributed by atoms with Gasteiger partial charge in [-0.1, -0.05) is 17.7 Å². The molecular formula is C15H28KNO3S. The van der Waals surface area contributed by atoms with E-state index in [1.807, 2.05) is 6.92 Å². The second-order valence-corrected chi connectivity index (χ2v) is 6.25. The molecule has 4 nitrogen and oxygen atoms in total. The van der Waals surface area contributed by atoms with Crippen LogP contribution in [0.3, 0.4) is 0 Å². The fourth-order valence-electron chi connectivity index (χ4n) is 2.05. The van der Waals surface area contributed by atoms with E-state index in [1.165, 1.54) is 42.8 Å². The summed E-state index contributed by atoms with van der Waals surface area (Å²) in [5, 5.41) is 0. The molecule has 0 atom stereocenters. The van der Waals surface area contributed by atoms with Crippen molar-refractivity contribution in [3.63, 3.8) is 0 Å². The minimum Gasteiger partial charge on any atom is -1.00 e. The predicted molar refractivity (Wildman–Crippen MR) is 82.7 cm³/mol. The minimum absolute atomic E-state index is 0. The van der Waals surface area contributed by atoms with Crippen molar-refractivity contribution in [1.82, 2.24) is 0 Å². The van der Waals surface area contributed by atoms with Crippen molar-refractivity contribution in [3.8, 4) is 0 Å². The quantitative estimate of drug-likeness (QED) is 0.427. The van der Waals surface area contributed by atoms with Gasteiger partial charge in [-0.15, -0.1) is 0 Å². The van der Waals surface area contributed by atoms with E-state index >= 15 is 0 Å². The molecule has 0 saturated carbocycles. The Labute approximate surface area is 174 Å². The van der Waals surface area contributed by atoms with Crippen LogP contribution in [0.1, 0.15) is 34.7 Å². The van der Waals surface area contributed by atoms with Crippen molar-refractivity contribution < 1.29 is 70.3 Å². The van der Waals surface area contributed by atoms with Gasteiger partial charge in [0.2, 0.25) is 0 Å². The van der Waals surface area contributed by atoms with E-state index in [4.69, 9.17) is 0 Å². The topological polar surface area (TPSA) is 57.2 Å². The van der Waals surface area contributed by atoms with Crippen LogP contribution in [0.25, 0.3) is 0 Å². The molecule has 0 spiro atoms. The first-order valence-corrected chi connectivity index (χ1v) is 8.53. The Kier molecular flexibility index (Phi) is 12.9. The number of benzene rings is 1. The van der Waals surface area contributed by atoms with Crippen molar-refractivity contribution >= 4 is 10.1 Å². The van der Waals surface area contributed by atoms with Crippen LogP contribution < -0.4 is 51.4 Å². The molecule has 0 aliphatic carbocycles. The third-order valence-electron chi connectivity index (χ3n) is 3.99. The number of hydrogen-bond donors (Lipinski definition) is 0. The zero-order chi connectivity index (χ0) is 15.8. The van der Waals surface area contributed by atoms with E-state index in [0.29, 0.717) is 0 Å². The van der Waals surface area contributed by atoms with Gasteiger partial charge in [0.1, 0.15) is 10.1 Å². The van der Waals surface area contributed by atoms with Crippen molar-refractivity contribution in [2.75, 3.05) is 26.2 Å². The Bertz CT molecular complexity index is 471. The third kappa shape index (κ3) is 8.81. The number of quaternary nitrogens is 1. The minimum atomic E-state index is -4.27. The first-order chi connectivity index (χ1) is 9.24. The van der Waals surface area contributed by atoms with Crippen molar-refractivity contribution in [1.29, 1.82) is 0 Å². The fraction of sp³-hybridized carbons (Fsp3) is 0.600. The van der Waals surface area contributed by atoms with Crippen LogP contribution in [0, 0.1) is 6.92 Å². The van der Waals surface area contributed by atoms with Gasteiger partial charge >= 0.3 is 51.4 Å². The van der Waals surface area contributed by atoms with Crippen LogP contribution in [0.2, 0.25) is 0 Å². The van der Waals surface area contributed by atoms with Gasteiger partial charge in [0.25, 0.3) is 0 Å². The number of nitrogens with zero attached hydrogens (tertiary/aromatic N) is 1. The van der Waals surface area contributed by atoms with Gasteiger partial charge in [-0.2, -0.15) is 0 Å². The van der Waals surface area contributed by atoms with E-state index in [2.05, 4.69) is 27.7 Å². The van der Waals surface area contributed by atoms with Crippen LogP contribution in [0.5, 0.6) is 0 Å². The van der Waals surface area contributed by atoms with E-state index < -0.39 is 10.1 Å². The Morgan fingerprint density at radius 2 is 1.29 bits per heavy atom. The maximum absolute atomic E-state index is 10.4. The van der Waals surface area contributed by atoms with E-state index in [-0.39, 0.29) is 57.7 Å². The molecule has 0 bridgehead atoms. The number of aryl methyl sites for hydroxylation is 1. The first-order valence-electron chi connectivity index (χ1n) is 7.12. The molecule has 1 rings (SSSR count). The molecule has 118 valence electrons. The molecule has 1 aromatic carbocycles. The van der Waals surface area contributed by atoms with Crippen molar-refractivity contribution in [2.45, 2.75) is 39.5 Å². The summed E-state index contributed by atoms with van der Waals surface area (Å²) in [6.45, 7) is 16.0. The summed E-state index contributed by atoms with van der Waals surface area (Å²) in [5.41, 5.74) is 0.928. The van der Waals surface area contributed by atoms with Gasteiger partial charge in [-0.3, -0.25) is 0 Å². The zero-order valence-electron chi connectivity index (χ0n) is 15.2. The van der Waals surface area contributed by atoms with Crippen LogP contribution in [-0.2, 0) is 10.1 Å². The monoisotopic (exact) mass is 341 g/mol. The largest absolute Gasteiger partial charge is 1.00 e. The number of hydrogen-bond acceptors (Lipinski definition) is 3. The molecule has 0 aliphatic rings. The van der Waals surface area contributed by atoms with Crippen LogP contribution >= 0.6 is 0 Å². The molecule has 0 aliphatic heterocycles. The van der Waals surface area contributed by atoms with E-state index in [1.54, 1.807) is 12.1 Å². The SMILES string of the molecule is CC[N+](CC)(CC)CC.Cc1ccc(S(=O)(=O)[O-])cc1.[H-].[K+]. The Morgan fingerprint density at radius 1 is 0.952 bits per heavy atom.